The molecule has 0 aliphatic heterocycles. The Morgan fingerprint density at radius 2 is 1.94 bits per heavy atom. The van der Waals surface area contributed by atoms with Crippen LogP contribution in [0.25, 0.3) is 11.3 Å². The van der Waals surface area contributed by atoms with Gasteiger partial charge in [-0.3, -0.25) is 4.68 Å². The molecule has 0 amide bonds. The Labute approximate surface area is 94.5 Å². The maximum atomic E-state index is 4.23. The summed E-state index contributed by atoms with van der Waals surface area (Å²) >= 11 is 0. The molecule has 16 heavy (non-hydrogen) atoms. The molecular formula is C11H15N5. The van der Waals surface area contributed by atoms with Gasteiger partial charge in [-0.2, -0.15) is 5.10 Å². The minimum atomic E-state index is 0.824. The predicted octanol–water partition coefficient (Wildman–Crippen LogP) is 1.54. The predicted molar refractivity (Wildman–Crippen MR) is 63.3 cm³/mol. The summed E-state index contributed by atoms with van der Waals surface area (Å²) in [5, 5.41) is 15.5. The summed E-state index contributed by atoms with van der Waals surface area (Å²) in [6.07, 6.45) is 3.74. The minimum Gasteiger partial charge on any atom is -0.371 e. The summed E-state index contributed by atoms with van der Waals surface area (Å²) in [4.78, 5) is 0. The van der Waals surface area contributed by atoms with Gasteiger partial charge in [0.15, 0.2) is 5.82 Å². The summed E-state index contributed by atoms with van der Waals surface area (Å²) in [5.74, 6) is 0.824. The standard InChI is InChI=1S/C11H15N5/c1-7-8(2)11(12-3)15-14-10(7)9-5-13-16(4)6-9/h5-6H,1-4H3,(H,12,15). The Balaban J connectivity index is 2.55. The maximum absolute atomic E-state index is 4.23. The van der Waals surface area contributed by atoms with Crippen LogP contribution in [0.4, 0.5) is 5.82 Å². The van der Waals surface area contributed by atoms with E-state index < -0.39 is 0 Å². The molecule has 0 fully saturated rings. The number of aromatic nitrogens is 4. The lowest BCUT2D eigenvalue weighted by atomic mass is 10.1. The normalized spacial score (nSPS) is 10.5. The number of nitrogens with zero attached hydrogens (tertiary/aromatic N) is 4. The average Bonchev–Trinajstić information content (AvgIpc) is 2.69. The summed E-state index contributed by atoms with van der Waals surface area (Å²) in [5.41, 5.74) is 4.14. The Morgan fingerprint density at radius 3 is 2.50 bits per heavy atom. The molecule has 2 heterocycles. The first-order valence-corrected chi connectivity index (χ1v) is 5.14. The van der Waals surface area contributed by atoms with Crippen molar-refractivity contribution in [2.24, 2.45) is 7.05 Å². The highest BCUT2D eigenvalue weighted by molar-refractivity contribution is 5.65. The third-order valence-electron chi connectivity index (χ3n) is 2.74. The van der Waals surface area contributed by atoms with E-state index in [0.29, 0.717) is 0 Å². The van der Waals surface area contributed by atoms with E-state index in [1.807, 2.05) is 34.1 Å². The lowest BCUT2D eigenvalue weighted by Crippen LogP contribution is -2.02. The molecule has 2 aromatic rings. The summed E-state index contributed by atoms with van der Waals surface area (Å²) in [6, 6.07) is 0. The second-order valence-electron chi connectivity index (χ2n) is 3.80. The number of rotatable bonds is 2. The number of nitrogens with one attached hydrogen (secondary N) is 1. The fourth-order valence-corrected chi connectivity index (χ4v) is 1.66. The molecule has 0 unspecified atom stereocenters. The smallest absolute Gasteiger partial charge is 0.151 e. The maximum Gasteiger partial charge on any atom is 0.151 e. The molecule has 5 nitrogen and oxygen atoms in total. The van der Waals surface area contributed by atoms with Crippen LogP contribution >= 0.6 is 0 Å². The monoisotopic (exact) mass is 217 g/mol. The summed E-state index contributed by atoms with van der Waals surface area (Å²) in [6.45, 7) is 4.09. The molecule has 84 valence electrons. The number of hydrogen-bond donors (Lipinski definition) is 1. The average molecular weight is 217 g/mol. The third-order valence-corrected chi connectivity index (χ3v) is 2.74. The topological polar surface area (TPSA) is 55.6 Å². The van der Waals surface area contributed by atoms with E-state index in [9.17, 15) is 0 Å². The second kappa shape index (κ2) is 3.92. The van der Waals surface area contributed by atoms with Crippen LogP contribution < -0.4 is 5.32 Å². The molecule has 0 aliphatic carbocycles. The lowest BCUT2D eigenvalue weighted by molar-refractivity contribution is 0.768. The van der Waals surface area contributed by atoms with Crippen molar-refractivity contribution in [2.75, 3.05) is 12.4 Å². The van der Waals surface area contributed by atoms with Crippen LogP contribution in [0.15, 0.2) is 12.4 Å². The van der Waals surface area contributed by atoms with Crippen molar-refractivity contribution in [1.29, 1.82) is 0 Å². The zero-order valence-electron chi connectivity index (χ0n) is 9.94. The van der Waals surface area contributed by atoms with Crippen LogP contribution in [0.2, 0.25) is 0 Å². The molecule has 2 aromatic heterocycles. The third kappa shape index (κ3) is 1.64. The fourth-order valence-electron chi connectivity index (χ4n) is 1.66. The van der Waals surface area contributed by atoms with Gasteiger partial charge < -0.3 is 5.32 Å². The molecule has 0 aromatic carbocycles. The minimum absolute atomic E-state index is 0.824. The summed E-state index contributed by atoms with van der Waals surface area (Å²) in [7, 11) is 3.74. The molecule has 0 radical (unpaired) electrons. The van der Waals surface area contributed by atoms with Gasteiger partial charge in [-0.1, -0.05) is 0 Å². The van der Waals surface area contributed by atoms with Crippen molar-refractivity contribution in [3.05, 3.63) is 23.5 Å². The number of hydrogen-bond acceptors (Lipinski definition) is 4. The van der Waals surface area contributed by atoms with Crippen molar-refractivity contribution in [3.63, 3.8) is 0 Å². The molecule has 0 spiro atoms. The van der Waals surface area contributed by atoms with Crippen molar-refractivity contribution in [1.82, 2.24) is 20.0 Å². The largest absolute Gasteiger partial charge is 0.371 e. The second-order valence-corrected chi connectivity index (χ2v) is 3.80. The van der Waals surface area contributed by atoms with Crippen molar-refractivity contribution < 1.29 is 0 Å². The highest BCUT2D eigenvalue weighted by Gasteiger charge is 2.11. The molecule has 1 N–H and O–H groups in total. The molecular weight excluding hydrogens is 202 g/mol. The van der Waals surface area contributed by atoms with Crippen LogP contribution in [-0.4, -0.2) is 27.0 Å². The van der Waals surface area contributed by atoms with E-state index in [2.05, 4.69) is 20.6 Å². The van der Waals surface area contributed by atoms with Gasteiger partial charge in [0.2, 0.25) is 0 Å². The summed E-state index contributed by atoms with van der Waals surface area (Å²) < 4.78 is 1.76. The van der Waals surface area contributed by atoms with Crippen LogP contribution in [-0.2, 0) is 7.05 Å². The van der Waals surface area contributed by atoms with E-state index >= 15 is 0 Å². The first-order chi connectivity index (χ1) is 7.63. The van der Waals surface area contributed by atoms with Crippen molar-refractivity contribution >= 4 is 5.82 Å². The Hall–Kier alpha value is -1.91. The van der Waals surface area contributed by atoms with Gasteiger partial charge >= 0.3 is 0 Å². The van der Waals surface area contributed by atoms with Crippen molar-refractivity contribution in [2.45, 2.75) is 13.8 Å². The first-order valence-electron chi connectivity index (χ1n) is 5.14. The van der Waals surface area contributed by atoms with E-state index in [1.54, 1.807) is 10.9 Å². The Morgan fingerprint density at radius 1 is 1.19 bits per heavy atom. The number of anilines is 1. The molecule has 0 bridgehead atoms. The van der Waals surface area contributed by atoms with Gasteiger partial charge in [-0.05, 0) is 25.0 Å². The van der Waals surface area contributed by atoms with Gasteiger partial charge in [-0.25, -0.2) is 0 Å². The fraction of sp³-hybridized carbons (Fsp3) is 0.364. The zero-order chi connectivity index (χ0) is 11.7. The quantitative estimate of drug-likeness (QED) is 0.829. The molecule has 0 saturated carbocycles. The Kier molecular flexibility index (Phi) is 2.60. The highest BCUT2D eigenvalue weighted by atomic mass is 15.2. The molecule has 0 saturated heterocycles. The Bertz CT molecular complexity index is 515. The zero-order valence-corrected chi connectivity index (χ0v) is 9.94. The molecule has 0 aliphatic rings. The van der Waals surface area contributed by atoms with E-state index in [4.69, 9.17) is 0 Å². The molecule has 5 heteroatoms. The van der Waals surface area contributed by atoms with Crippen LogP contribution in [0.3, 0.4) is 0 Å². The van der Waals surface area contributed by atoms with Gasteiger partial charge in [0.1, 0.15) is 0 Å². The van der Waals surface area contributed by atoms with Crippen molar-refractivity contribution in [3.8, 4) is 11.3 Å². The van der Waals surface area contributed by atoms with Crippen LogP contribution in [0.5, 0.6) is 0 Å². The molecule has 2 rings (SSSR count). The first kappa shape index (κ1) is 10.6. The van der Waals surface area contributed by atoms with Gasteiger partial charge in [0.05, 0.1) is 11.9 Å². The highest BCUT2D eigenvalue weighted by Crippen LogP contribution is 2.24. The van der Waals surface area contributed by atoms with E-state index in [0.717, 1.165) is 28.2 Å². The lowest BCUT2D eigenvalue weighted by Gasteiger charge is -2.09. The van der Waals surface area contributed by atoms with Gasteiger partial charge in [0.25, 0.3) is 0 Å². The van der Waals surface area contributed by atoms with E-state index in [1.165, 1.54) is 0 Å². The van der Waals surface area contributed by atoms with Gasteiger partial charge in [0, 0.05) is 25.9 Å². The number of aryl methyl sites for hydroxylation is 1. The van der Waals surface area contributed by atoms with Crippen LogP contribution in [0.1, 0.15) is 11.1 Å². The SMILES string of the molecule is CNc1nnc(-c2cnn(C)c2)c(C)c1C. The van der Waals surface area contributed by atoms with E-state index in [-0.39, 0.29) is 0 Å². The van der Waals surface area contributed by atoms with Crippen LogP contribution in [0, 0.1) is 13.8 Å². The molecule has 0 atom stereocenters. The van der Waals surface area contributed by atoms with Gasteiger partial charge in [-0.15, -0.1) is 10.2 Å².